The molecule has 4 rings (SSSR count). The average molecular weight is 491 g/mol. The third-order valence-electron chi connectivity index (χ3n) is 5.53. The second-order valence-electron chi connectivity index (χ2n) is 7.71. The number of sulfone groups is 1. The summed E-state index contributed by atoms with van der Waals surface area (Å²) in [6, 6.07) is 11.7. The van der Waals surface area contributed by atoms with Gasteiger partial charge < -0.3 is 14.2 Å². The second-order valence-corrected chi connectivity index (χ2v) is 10.8. The maximum Gasteiger partial charge on any atom is 0.229 e. The Labute approximate surface area is 197 Å². The molecule has 8 nitrogen and oxygen atoms in total. The highest BCUT2D eigenvalue weighted by Crippen LogP contribution is 2.32. The predicted molar refractivity (Wildman–Crippen MR) is 127 cm³/mol. The fourth-order valence-corrected chi connectivity index (χ4v) is 5.92. The summed E-state index contributed by atoms with van der Waals surface area (Å²) in [7, 11) is -0.511. The fraction of sp³-hybridized carbons (Fsp3) is 0.391. The number of nitrogens with zero attached hydrogens (tertiary/aromatic N) is 2. The molecular formula is C23H26N2O6S2. The highest BCUT2D eigenvalue weighted by Gasteiger charge is 2.27. The molecule has 1 aliphatic rings. The van der Waals surface area contributed by atoms with Crippen LogP contribution >= 0.6 is 11.3 Å². The van der Waals surface area contributed by atoms with Gasteiger partial charge in [-0.1, -0.05) is 11.3 Å². The number of fused-ring (bicyclic) bond motifs is 1. The normalized spacial score (nSPS) is 16.1. The fourth-order valence-electron chi connectivity index (χ4n) is 3.67. The zero-order valence-corrected chi connectivity index (χ0v) is 20.2. The lowest BCUT2D eigenvalue weighted by Crippen LogP contribution is -2.38. The molecule has 33 heavy (non-hydrogen) atoms. The largest absolute Gasteiger partial charge is 0.497 e. The number of aromatic nitrogens is 1. The van der Waals surface area contributed by atoms with Gasteiger partial charge in [0.2, 0.25) is 5.91 Å². The van der Waals surface area contributed by atoms with E-state index in [0.29, 0.717) is 29.8 Å². The SMILES string of the molecule is COc1ccc(S(=O)(=O)CCC(=O)N(CC2CCCO2)c2nc3ccc(OC)cc3s2)cc1. The van der Waals surface area contributed by atoms with Crippen LogP contribution in [0.4, 0.5) is 5.13 Å². The summed E-state index contributed by atoms with van der Waals surface area (Å²) in [5.41, 5.74) is 0.756. The van der Waals surface area contributed by atoms with Crippen molar-refractivity contribution in [3.05, 3.63) is 42.5 Å². The molecule has 1 unspecified atom stereocenters. The van der Waals surface area contributed by atoms with E-state index in [4.69, 9.17) is 14.2 Å². The first-order chi connectivity index (χ1) is 15.9. The average Bonchev–Trinajstić information content (AvgIpc) is 3.50. The van der Waals surface area contributed by atoms with Gasteiger partial charge in [0.25, 0.3) is 0 Å². The minimum Gasteiger partial charge on any atom is -0.497 e. The molecule has 176 valence electrons. The molecule has 0 bridgehead atoms. The molecule has 0 spiro atoms. The molecule has 0 N–H and O–H groups in total. The minimum atomic E-state index is -3.62. The lowest BCUT2D eigenvalue weighted by atomic mass is 10.2. The Morgan fingerprint density at radius 1 is 1.15 bits per heavy atom. The van der Waals surface area contributed by atoms with Crippen LogP contribution in [0, 0.1) is 0 Å². The first-order valence-corrected chi connectivity index (χ1v) is 13.1. The summed E-state index contributed by atoms with van der Waals surface area (Å²) in [6.45, 7) is 1.01. The molecule has 1 amide bonds. The van der Waals surface area contributed by atoms with E-state index in [1.54, 1.807) is 24.1 Å². The van der Waals surface area contributed by atoms with Crippen LogP contribution in [0.25, 0.3) is 10.2 Å². The number of anilines is 1. The van der Waals surface area contributed by atoms with Crippen LogP contribution in [0.1, 0.15) is 19.3 Å². The van der Waals surface area contributed by atoms with E-state index >= 15 is 0 Å². The van der Waals surface area contributed by atoms with Crippen LogP contribution in [0.5, 0.6) is 11.5 Å². The van der Waals surface area contributed by atoms with Gasteiger partial charge in [-0.25, -0.2) is 13.4 Å². The van der Waals surface area contributed by atoms with Crippen molar-refractivity contribution < 1.29 is 27.4 Å². The molecule has 10 heteroatoms. The Bertz CT molecular complexity index is 1220. The Kier molecular flexibility index (Phi) is 7.16. The maximum atomic E-state index is 13.2. The number of methoxy groups -OCH3 is 2. The molecule has 1 aliphatic heterocycles. The van der Waals surface area contributed by atoms with Crippen LogP contribution in [0.15, 0.2) is 47.4 Å². The van der Waals surface area contributed by atoms with E-state index < -0.39 is 9.84 Å². The summed E-state index contributed by atoms with van der Waals surface area (Å²) in [5.74, 6) is 0.688. The number of benzene rings is 2. The molecule has 1 atom stereocenters. The van der Waals surface area contributed by atoms with Crippen molar-refractivity contribution in [1.82, 2.24) is 4.98 Å². The zero-order valence-electron chi connectivity index (χ0n) is 18.5. The standard InChI is InChI=1S/C23H26N2O6S2/c1-29-16-5-8-19(9-6-16)33(27,28)13-11-22(26)25(15-18-4-3-12-31-18)23-24-20-10-7-17(30-2)14-21(20)32-23/h5-10,14,18H,3-4,11-13,15H2,1-2H3. The molecule has 1 fully saturated rings. The molecule has 2 aromatic carbocycles. The minimum absolute atomic E-state index is 0.0892. The molecular weight excluding hydrogens is 464 g/mol. The van der Waals surface area contributed by atoms with Crippen molar-refractivity contribution in [2.24, 2.45) is 0 Å². The third-order valence-corrected chi connectivity index (χ3v) is 8.30. The number of amides is 1. The number of rotatable bonds is 9. The Morgan fingerprint density at radius 3 is 2.55 bits per heavy atom. The highest BCUT2D eigenvalue weighted by molar-refractivity contribution is 7.91. The molecule has 2 heterocycles. The number of hydrogen-bond acceptors (Lipinski definition) is 8. The van der Waals surface area contributed by atoms with Crippen molar-refractivity contribution in [3.8, 4) is 11.5 Å². The molecule has 1 aromatic heterocycles. The van der Waals surface area contributed by atoms with Gasteiger partial charge in [-0.05, 0) is 55.3 Å². The monoisotopic (exact) mass is 490 g/mol. The highest BCUT2D eigenvalue weighted by atomic mass is 32.2. The van der Waals surface area contributed by atoms with Crippen molar-refractivity contribution in [3.63, 3.8) is 0 Å². The van der Waals surface area contributed by atoms with Gasteiger partial charge in [-0.15, -0.1) is 0 Å². The molecule has 1 saturated heterocycles. The van der Waals surface area contributed by atoms with Gasteiger partial charge >= 0.3 is 0 Å². The molecule has 3 aromatic rings. The lowest BCUT2D eigenvalue weighted by molar-refractivity contribution is -0.118. The molecule has 0 radical (unpaired) electrons. The van der Waals surface area contributed by atoms with Crippen molar-refractivity contribution in [2.75, 3.05) is 38.0 Å². The van der Waals surface area contributed by atoms with E-state index in [1.165, 1.54) is 30.6 Å². The van der Waals surface area contributed by atoms with Crippen LogP contribution in [0.3, 0.4) is 0 Å². The maximum absolute atomic E-state index is 13.2. The number of carbonyl (C=O) groups is 1. The van der Waals surface area contributed by atoms with Crippen LogP contribution in [-0.4, -0.2) is 58.5 Å². The van der Waals surface area contributed by atoms with Gasteiger partial charge in [0.05, 0.1) is 47.7 Å². The topological polar surface area (TPSA) is 95.0 Å². The smallest absolute Gasteiger partial charge is 0.229 e. The van der Waals surface area contributed by atoms with Gasteiger partial charge in [0, 0.05) is 13.0 Å². The van der Waals surface area contributed by atoms with Crippen molar-refractivity contribution in [1.29, 1.82) is 0 Å². The van der Waals surface area contributed by atoms with Crippen molar-refractivity contribution in [2.45, 2.75) is 30.3 Å². The molecule has 0 aliphatic carbocycles. The van der Waals surface area contributed by atoms with E-state index in [9.17, 15) is 13.2 Å². The van der Waals surface area contributed by atoms with Gasteiger partial charge in [0.15, 0.2) is 15.0 Å². The number of hydrogen-bond donors (Lipinski definition) is 0. The molecule has 0 saturated carbocycles. The Balaban J connectivity index is 1.54. The van der Waals surface area contributed by atoms with Crippen molar-refractivity contribution >= 4 is 42.4 Å². The van der Waals surface area contributed by atoms with Gasteiger partial charge in [-0.3, -0.25) is 9.69 Å². The Hall–Kier alpha value is -2.69. The predicted octanol–water partition coefficient (Wildman–Crippen LogP) is 3.69. The first-order valence-electron chi connectivity index (χ1n) is 10.6. The zero-order chi connectivity index (χ0) is 23.4. The van der Waals surface area contributed by atoms with E-state index in [1.807, 2.05) is 18.2 Å². The van der Waals surface area contributed by atoms with E-state index in [2.05, 4.69) is 4.98 Å². The van der Waals surface area contributed by atoms with Gasteiger partial charge in [0.1, 0.15) is 11.5 Å². The number of carbonyl (C=O) groups excluding carboxylic acids is 1. The van der Waals surface area contributed by atoms with E-state index in [-0.39, 0.29) is 29.1 Å². The number of thiazole rings is 1. The second kappa shape index (κ2) is 10.1. The summed E-state index contributed by atoms with van der Waals surface area (Å²) < 4.78 is 42.6. The van der Waals surface area contributed by atoms with E-state index in [0.717, 1.165) is 23.1 Å². The Morgan fingerprint density at radius 2 is 1.88 bits per heavy atom. The summed E-state index contributed by atoms with van der Waals surface area (Å²) in [6.07, 6.45) is 1.55. The van der Waals surface area contributed by atoms with Gasteiger partial charge in [-0.2, -0.15) is 0 Å². The van der Waals surface area contributed by atoms with Crippen LogP contribution in [0.2, 0.25) is 0 Å². The quantitative estimate of drug-likeness (QED) is 0.451. The number of ether oxygens (including phenoxy) is 3. The van der Waals surface area contributed by atoms with Crippen LogP contribution < -0.4 is 14.4 Å². The summed E-state index contributed by atoms with van der Waals surface area (Å²) in [5, 5.41) is 0.528. The first kappa shape index (κ1) is 23.5. The lowest BCUT2D eigenvalue weighted by Gasteiger charge is -2.23. The van der Waals surface area contributed by atoms with Crippen LogP contribution in [-0.2, 0) is 19.4 Å². The summed E-state index contributed by atoms with van der Waals surface area (Å²) in [4.78, 5) is 19.6. The summed E-state index contributed by atoms with van der Waals surface area (Å²) >= 11 is 1.38. The third kappa shape index (κ3) is 5.45.